The standard InChI is InChI=1S/C13H17N3O3S/c14-9-11-13(7-4-8-15-11)20(18,19)16-10-5-2-1-3-6-12(10)17/h4,7-8,10,12,16-17H,1-3,5-6H2. The van der Waals surface area contributed by atoms with Crippen molar-refractivity contribution in [1.29, 1.82) is 5.26 Å². The van der Waals surface area contributed by atoms with E-state index < -0.39 is 22.2 Å². The third kappa shape index (κ3) is 3.33. The highest BCUT2D eigenvalue weighted by Gasteiger charge is 2.28. The Morgan fingerprint density at radius 3 is 2.85 bits per heavy atom. The van der Waals surface area contributed by atoms with Gasteiger partial charge < -0.3 is 5.11 Å². The van der Waals surface area contributed by atoms with Gasteiger partial charge in [0.2, 0.25) is 10.0 Å². The van der Waals surface area contributed by atoms with Crippen molar-refractivity contribution in [3.05, 3.63) is 24.0 Å². The van der Waals surface area contributed by atoms with E-state index in [1.165, 1.54) is 18.3 Å². The molecule has 2 atom stereocenters. The van der Waals surface area contributed by atoms with Crippen molar-refractivity contribution in [2.75, 3.05) is 0 Å². The largest absolute Gasteiger partial charge is 0.391 e. The van der Waals surface area contributed by atoms with Gasteiger partial charge in [0.25, 0.3) is 0 Å². The quantitative estimate of drug-likeness (QED) is 0.807. The van der Waals surface area contributed by atoms with Gasteiger partial charge in [0.15, 0.2) is 5.69 Å². The monoisotopic (exact) mass is 295 g/mol. The van der Waals surface area contributed by atoms with Crippen molar-refractivity contribution in [3.63, 3.8) is 0 Å². The van der Waals surface area contributed by atoms with Crippen LogP contribution in [0.3, 0.4) is 0 Å². The Balaban J connectivity index is 2.24. The van der Waals surface area contributed by atoms with Crippen molar-refractivity contribution in [2.24, 2.45) is 0 Å². The van der Waals surface area contributed by atoms with Crippen LogP contribution in [-0.2, 0) is 10.0 Å². The molecule has 1 saturated carbocycles. The number of hydrogen-bond donors (Lipinski definition) is 2. The summed E-state index contributed by atoms with van der Waals surface area (Å²) in [7, 11) is -3.85. The van der Waals surface area contributed by atoms with Crippen molar-refractivity contribution in [1.82, 2.24) is 9.71 Å². The van der Waals surface area contributed by atoms with Gasteiger partial charge in [-0.2, -0.15) is 5.26 Å². The summed E-state index contributed by atoms with van der Waals surface area (Å²) in [5.74, 6) is 0. The molecule has 1 aromatic heterocycles. The number of aliphatic hydroxyl groups is 1. The molecule has 0 aliphatic heterocycles. The average molecular weight is 295 g/mol. The molecule has 2 N–H and O–H groups in total. The molecule has 2 unspecified atom stereocenters. The van der Waals surface area contributed by atoms with E-state index in [2.05, 4.69) is 9.71 Å². The van der Waals surface area contributed by atoms with Crippen LogP contribution in [0.25, 0.3) is 0 Å². The second-order valence-electron chi connectivity index (χ2n) is 4.90. The van der Waals surface area contributed by atoms with Gasteiger partial charge in [0.05, 0.1) is 6.10 Å². The minimum absolute atomic E-state index is 0.136. The number of aliphatic hydroxyl groups excluding tert-OH is 1. The molecule has 20 heavy (non-hydrogen) atoms. The van der Waals surface area contributed by atoms with Gasteiger partial charge in [-0.15, -0.1) is 0 Å². The van der Waals surface area contributed by atoms with Gasteiger partial charge in [-0.1, -0.05) is 19.3 Å². The molecule has 0 amide bonds. The van der Waals surface area contributed by atoms with E-state index in [1.54, 1.807) is 6.07 Å². The molecule has 6 nitrogen and oxygen atoms in total. The SMILES string of the molecule is N#Cc1ncccc1S(=O)(=O)NC1CCCCCC1O. The third-order valence-electron chi connectivity index (χ3n) is 3.45. The van der Waals surface area contributed by atoms with Crippen molar-refractivity contribution in [3.8, 4) is 6.07 Å². The highest BCUT2D eigenvalue weighted by molar-refractivity contribution is 7.89. The summed E-state index contributed by atoms with van der Waals surface area (Å²) in [6, 6.07) is 4.08. The zero-order valence-electron chi connectivity index (χ0n) is 11.0. The highest BCUT2D eigenvalue weighted by Crippen LogP contribution is 2.20. The Hall–Kier alpha value is -1.49. The fourth-order valence-corrected chi connectivity index (χ4v) is 3.79. The number of sulfonamides is 1. The third-order valence-corrected chi connectivity index (χ3v) is 4.97. The smallest absolute Gasteiger partial charge is 0.243 e. The minimum atomic E-state index is -3.85. The Morgan fingerprint density at radius 2 is 2.10 bits per heavy atom. The van der Waals surface area contributed by atoms with E-state index in [4.69, 9.17) is 5.26 Å². The van der Waals surface area contributed by atoms with Gasteiger partial charge >= 0.3 is 0 Å². The van der Waals surface area contributed by atoms with Gasteiger partial charge in [-0.05, 0) is 25.0 Å². The number of pyridine rings is 1. The lowest BCUT2D eigenvalue weighted by Gasteiger charge is -2.21. The molecule has 0 radical (unpaired) electrons. The van der Waals surface area contributed by atoms with Crippen molar-refractivity contribution in [2.45, 2.75) is 49.1 Å². The van der Waals surface area contributed by atoms with Crippen LogP contribution in [0.5, 0.6) is 0 Å². The summed E-state index contributed by atoms with van der Waals surface area (Å²) in [5, 5.41) is 18.9. The second-order valence-corrected chi connectivity index (χ2v) is 6.58. The van der Waals surface area contributed by atoms with Crippen LogP contribution in [-0.4, -0.2) is 30.7 Å². The van der Waals surface area contributed by atoms with E-state index in [1.807, 2.05) is 0 Å². The molecule has 0 bridgehead atoms. The lowest BCUT2D eigenvalue weighted by molar-refractivity contribution is 0.130. The van der Waals surface area contributed by atoms with Crippen molar-refractivity contribution >= 4 is 10.0 Å². The summed E-state index contributed by atoms with van der Waals surface area (Å²) in [6.07, 6.45) is 4.64. The van der Waals surface area contributed by atoms with E-state index in [0.29, 0.717) is 12.8 Å². The molecule has 0 saturated heterocycles. The maximum Gasteiger partial charge on any atom is 0.243 e. The average Bonchev–Trinajstić information content (AvgIpc) is 2.64. The Kier molecular flexibility index (Phi) is 4.70. The van der Waals surface area contributed by atoms with E-state index in [9.17, 15) is 13.5 Å². The molecule has 1 heterocycles. The molecule has 108 valence electrons. The first-order valence-electron chi connectivity index (χ1n) is 6.60. The first-order valence-corrected chi connectivity index (χ1v) is 8.08. The van der Waals surface area contributed by atoms with Crippen molar-refractivity contribution < 1.29 is 13.5 Å². The van der Waals surface area contributed by atoms with Crippen LogP contribution < -0.4 is 4.72 Å². The first kappa shape index (κ1) is 14.9. The van der Waals surface area contributed by atoms with Crippen LogP contribution in [0, 0.1) is 11.3 Å². The highest BCUT2D eigenvalue weighted by atomic mass is 32.2. The van der Waals surface area contributed by atoms with E-state index in [0.717, 1.165) is 19.3 Å². The molecule has 2 rings (SSSR count). The molecule has 1 fully saturated rings. The van der Waals surface area contributed by atoms with Crippen LogP contribution >= 0.6 is 0 Å². The molecule has 1 aromatic rings. The fourth-order valence-electron chi connectivity index (χ4n) is 2.38. The molecular weight excluding hydrogens is 278 g/mol. The summed E-state index contributed by atoms with van der Waals surface area (Å²) in [5.41, 5.74) is -0.136. The number of hydrogen-bond acceptors (Lipinski definition) is 5. The van der Waals surface area contributed by atoms with Crippen LogP contribution in [0.15, 0.2) is 23.2 Å². The van der Waals surface area contributed by atoms with E-state index in [-0.39, 0.29) is 10.6 Å². The second kappa shape index (κ2) is 6.31. The molecule has 7 heteroatoms. The van der Waals surface area contributed by atoms with Gasteiger partial charge in [0.1, 0.15) is 11.0 Å². The Morgan fingerprint density at radius 1 is 1.35 bits per heavy atom. The summed E-state index contributed by atoms with van der Waals surface area (Å²) in [4.78, 5) is 3.61. The lowest BCUT2D eigenvalue weighted by atomic mass is 10.1. The maximum atomic E-state index is 12.3. The number of nitriles is 1. The van der Waals surface area contributed by atoms with Gasteiger partial charge in [-0.3, -0.25) is 0 Å². The minimum Gasteiger partial charge on any atom is -0.391 e. The van der Waals surface area contributed by atoms with Gasteiger partial charge in [-0.25, -0.2) is 18.1 Å². The number of nitrogens with one attached hydrogen (secondary N) is 1. The summed E-state index contributed by atoms with van der Waals surface area (Å²) in [6.45, 7) is 0. The predicted molar refractivity (Wildman–Crippen MR) is 72.2 cm³/mol. The van der Waals surface area contributed by atoms with Gasteiger partial charge in [0, 0.05) is 12.2 Å². The number of nitrogens with zero attached hydrogens (tertiary/aromatic N) is 2. The zero-order valence-corrected chi connectivity index (χ0v) is 11.8. The number of aromatic nitrogens is 1. The number of rotatable bonds is 3. The molecule has 0 aromatic carbocycles. The molecule has 1 aliphatic rings. The Labute approximate surface area is 118 Å². The first-order chi connectivity index (χ1) is 9.54. The maximum absolute atomic E-state index is 12.3. The summed E-state index contributed by atoms with van der Waals surface area (Å²) < 4.78 is 27.2. The predicted octanol–water partition coefficient (Wildman–Crippen LogP) is 0.925. The normalized spacial score (nSPS) is 23.8. The zero-order chi connectivity index (χ0) is 14.6. The lowest BCUT2D eigenvalue weighted by Crippen LogP contribution is -2.42. The fraction of sp³-hybridized carbons (Fsp3) is 0.538. The van der Waals surface area contributed by atoms with Crippen LogP contribution in [0.2, 0.25) is 0 Å². The van der Waals surface area contributed by atoms with Crippen LogP contribution in [0.1, 0.15) is 37.8 Å². The molecule has 0 spiro atoms. The summed E-state index contributed by atoms with van der Waals surface area (Å²) >= 11 is 0. The molecular formula is C13H17N3O3S. The Bertz CT molecular complexity index is 610. The topological polar surface area (TPSA) is 103 Å². The molecule has 1 aliphatic carbocycles. The van der Waals surface area contributed by atoms with Crippen LogP contribution in [0.4, 0.5) is 0 Å². The van der Waals surface area contributed by atoms with E-state index >= 15 is 0 Å².